The maximum Gasteiger partial charge on any atom is 0.257 e. The van der Waals surface area contributed by atoms with Crippen molar-refractivity contribution >= 4 is 5.91 Å². The molecule has 1 fully saturated rings. The van der Waals surface area contributed by atoms with Crippen molar-refractivity contribution in [2.45, 2.75) is 32.4 Å². The van der Waals surface area contributed by atoms with Crippen LogP contribution in [-0.4, -0.2) is 37.4 Å². The maximum atomic E-state index is 13.2. The molecule has 1 N–H and O–H groups in total. The lowest BCUT2D eigenvalue weighted by atomic mass is 10.1. The van der Waals surface area contributed by atoms with E-state index in [2.05, 4.69) is 5.32 Å². The molecule has 1 aliphatic carbocycles. The molecule has 0 spiro atoms. The summed E-state index contributed by atoms with van der Waals surface area (Å²) in [4.78, 5) is 25.8. The number of fused-ring (bicyclic) bond motifs is 1. The summed E-state index contributed by atoms with van der Waals surface area (Å²) < 4.78 is 18.5. The van der Waals surface area contributed by atoms with Gasteiger partial charge in [-0.2, -0.15) is 0 Å². The van der Waals surface area contributed by atoms with E-state index in [1.807, 2.05) is 24.3 Å². The van der Waals surface area contributed by atoms with E-state index < -0.39 is 0 Å². The number of hydrogen-bond acceptors (Lipinski definition) is 5. The van der Waals surface area contributed by atoms with Crippen LogP contribution in [0.25, 0.3) is 0 Å². The van der Waals surface area contributed by atoms with E-state index >= 15 is 0 Å². The van der Waals surface area contributed by atoms with Crippen LogP contribution in [0.1, 0.15) is 34.5 Å². The molecule has 0 bridgehead atoms. The Morgan fingerprint density at radius 2 is 2.07 bits per heavy atom. The topological polar surface area (TPSA) is 78.8 Å². The number of methoxy groups -OCH3 is 1. The zero-order valence-corrected chi connectivity index (χ0v) is 16.6. The molecule has 1 aromatic carbocycles. The lowest BCUT2D eigenvalue weighted by Gasteiger charge is -2.18. The van der Waals surface area contributed by atoms with Crippen LogP contribution in [0.15, 0.2) is 35.1 Å². The highest BCUT2D eigenvalue weighted by molar-refractivity contribution is 5.98. The fraction of sp³-hybridized carbons (Fsp3) is 0.455. The van der Waals surface area contributed by atoms with Crippen LogP contribution >= 0.6 is 0 Å². The van der Waals surface area contributed by atoms with Gasteiger partial charge in [-0.05, 0) is 24.8 Å². The minimum Gasteiger partial charge on any atom is -0.496 e. The summed E-state index contributed by atoms with van der Waals surface area (Å²) >= 11 is 0. The summed E-state index contributed by atoms with van der Waals surface area (Å²) in [6.07, 6.45) is 2.76. The molecule has 0 saturated heterocycles. The van der Waals surface area contributed by atoms with Gasteiger partial charge in [0.2, 0.25) is 0 Å². The quantitative estimate of drug-likeness (QED) is 0.773. The fourth-order valence-corrected chi connectivity index (χ4v) is 3.57. The Labute approximate surface area is 169 Å². The molecule has 2 aromatic rings. The Morgan fingerprint density at radius 3 is 2.86 bits per heavy atom. The van der Waals surface area contributed by atoms with E-state index in [0.717, 1.165) is 24.2 Å². The van der Waals surface area contributed by atoms with E-state index in [0.29, 0.717) is 62.3 Å². The summed E-state index contributed by atoms with van der Waals surface area (Å²) in [5.74, 6) is 1.35. The zero-order chi connectivity index (χ0) is 20.2. The summed E-state index contributed by atoms with van der Waals surface area (Å²) in [5.41, 5.74) is 1.84. The minimum absolute atomic E-state index is 0.155. The first-order chi connectivity index (χ1) is 14.2. The molecule has 1 saturated carbocycles. The second-order valence-electron chi connectivity index (χ2n) is 7.43. The molecular formula is C22H26N2O5. The van der Waals surface area contributed by atoms with Crippen molar-refractivity contribution < 1.29 is 19.0 Å². The van der Waals surface area contributed by atoms with Gasteiger partial charge in [-0.3, -0.25) is 9.59 Å². The average Bonchev–Trinajstić information content (AvgIpc) is 3.57. The van der Waals surface area contributed by atoms with Gasteiger partial charge in [-0.15, -0.1) is 0 Å². The minimum atomic E-state index is -0.257. The highest BCUT2D eigenvalue weighted by Gasteiger charge is 2.27. The van der Waals surface area contributed by atoms with Crippen LogP contribution in [-0.2, 0) is 24.2 Å². The number of ether oxygens (including phenoxy) is 3. The first-order valence-corrected chi connectivity index (χ1v) is 10.0. The molecule has 0 atom stereocenters. The Bertz CT molecular complexity index is 949. The predicted octanol–water partition coefficient (Wildman–Crippen LogP) is 2.15. The number of aromatic nitrogens is 1. The lowest BCUT2D eigenvalue weighted by molar-refractivity contribution is 0.0944. The third-order valence-corrected chi connectivity index (χ3v) is 5.35. The third kappa shape index (κ3) is 4.45. The zero-order valence-electron chi connectivity index (χ0n) is 16.6. The van der Waals surface area contributed by atoms with Gasteiger partial charge < -0.3 is 24.1 Å². The number of carbonyl (C=O) groups excluding carboxylic acids is 1. The van der Waals surface area contributed by atoms with Crippen LogP contribution in [0.5, 0.6) is 11.5 Å². The van der Waals surface area contributed by atoms with Crippen molar-refractivity contribution in [1.82, 2.24) is 9.88 Å². The van der Waals surface area contributed by atoms with Crippen LogP contribution in [0.4, 0.5) is 0 Å². The van der Waals surface area contributed by atoms with E-state index in [4.69, 9.17) is 14.2 Å². The molecule has 4 rings (SSSR count). The molecular weight excluding hydrogens is 372 g/mol. The third-order valence-electron chi connectivity index (χ3n) is 5.35. The number of nitrogens with zero attached hydrogens (tertiary/aromatic N) is 1. The van der Waals surface area contributed by atoms with Crippen molar-refractivity contribution in [2.24, 2.45) is 5.92 Å². The van der Waals surface area contributed by atoms with Crippen molar-refractivity contribution in [3.63, 3.8) is 0 Å². The monoisotopic (exact) mass is 398 g/mol. The summed E-state index contributed by atoms with van der Waals surface area (Å²) in [5, 5.41) is 2.97. The second kappa shape index (κ2) is 8.69. The van der Waals surface area contributed by atoms with Crippen molar-refractivity contribution in [3.05, 3.63) is 57.5 Å². The maximum absolute atomic E-state index is 13.2. The number of carbonyl (C=O) groups is 1. The van der Waals surface area contributed by atoms with Crippen molar-refractivity contribution in [1.29, 1.82) is 0 Å². The van der Waals surface area contributed by atoms with Crippen LogP contribution < -0.4 is 20.3 Å². The molecule has 2 heterocycles. The van der Waals surface area contributed by atoms with E-state index in [1.165, 1.54) is 6.07 Å². The second-order valence-corrected chi connectivity index (χ2v) is 7.43. The van der Waals surface area contributed by atoms with Gasteiger partial charge in [-0.25, -0.2) is 0 Å². The lowest BCUT2D eigenvalue weighted by Crippen LogP contribution is -2.31. The normalized spacial score (nSPS) is 15.9. The number of amides is 1. The summed E-state index contributed by atoms with van der Waals surface area (Å²) in [7, 11) is 1.61. The molecule has 154 valence electrons. The SMILES string of the molecule is COc1ccccc1CNC(=O)c1c(OCC2CC2)cc(=O)n2c1CCOCC2. The largest absolute Gasteiger partial charge is 0.496 e. The van der Waals surface area contributed by atoms with Crippen molar-refractivity contribution in [2.75, 3.05) is 26.9 Å². The molecule has 7 nitrogen and oxygen atoms in total. The first-order valence-electron chi connectivity index (χ1n) is 10.0. The van der Waals surface area contributed by atoms with Gasteiger partial charge in [-0.1, -0.05) is 18.2 Å². The molecule has 0 radical (unpaired) electrons. The average molecular weight is 398 g/mol. The smallest absolute Gasteiger partial charge is 0.257 e. The standard InChI is InChI=1S/C22H26N2O5/c1-27-18-5-3-2-4-16(18)13-23-22(26)21-17-8-10-28-11-9-24(17)20(25)12-19(21)29-14-15-6-7-15/h2-5,12,15H,6-11,13-14H2,1H3,(H,23,26). The summed E-state index contributed by atoms with van der Waals surface area (Å²) in [6.45, 7) is 2.21. The number of para-hydroxylation sites is 1. The molecule has 29 heavy (non-hydrogen) atoms. The number of hydrogen-bond donors (Lipinski definition) is 1. The Kier molecular flexibility index (Phi) is 5.85. The Hall–Kier alpha value is -2.80. The predicted molar refractivity (Wildman–Crippen MR) is 108 cm³/mol. The van der Waals surface area contributed by atoms with E-state index in [1.54, 1.807) is 11.7 Å². The highest BCUT2D eigenvalue weighted by atomic mass is 16.5. The molecule has 1 amide bonds. The van der Waals surface area contributed by atoms with Crippen LogP contribution in [0.3, 0.4) is 0 Å². The Balaban J connectivity index is 1.63. The molecule has 7 heteroatoms. The molecule has 0 unspecified atom stereocenters. The van der Waals surface area contributed by atoms with Crippen LogP contribution in [0, 0.1) is 5.92 Å². The Morgan fingerprint density at radius 1 is 1.24 bits per heavy atom. The van der Waals surface area contributed by atoms with Gasteiger partial charge in [0.15, 0.2) is 0 Å². The van der Waals surface area contributed by atoms with E-state index in [9.17, 15) is 9.59 Å². The number of nitrogens with one attached hydrogen (secondary N) is 1. The van der Waals surface area contributed by atoms with Crippen LogP contribution in [0.2, 0.25) is 0 Å². The molecule has 1 aliphatic heterocycles. The van der Waals surface area contributed by atoms with Gasteiger partial charge >= 0.3 is 0 Å². The van der Waals surface area contributed by atoms with Gasteiger partial charge in [0, 0.05) is 36.8 Å². The van der Waals surface area contributed by atoms with Crippen molar-refractivity contribution in [3.8, 4) is 11.5 Å². The highest BCUT2D eigenvalue weighted by Crippen LogP contribution is 2.31. The molecule has 2 aliphatic rings. The van der Waals surface area contributed by atoms with Gasteiger partial charge in [0.25, 0.3) is 11.5 Å². The number of benzene rings is 1. The fourth-order valence-electron chi connectivity index (χ4n) is 3.57. The van der Waals surface area contributed by atoms with E-state index in [-0.39, 0.29) is 11.5 Å². The number of pyridine rings is 1. The summed E-state index contributed by atoms with van der Waals surface area (Å²) in [6, 6.07) is 9.00. The first kappa shape index (κ1) is 19.5. The molecule has 1 aromatic heterocycles. The van der Waals surface area contributed by atoms with Gasteiger partial charge in [0.05, 0.1) is 26.9 Å². The number of rotatable bonds is 7. The van der Waals surface area contributed by atoms with Gasteiger partial charge in [0.1, 0.15) is 17.1 Å².